The summed E-state index contributed by atoms with van der Waals surface area (Å²) >= 11 is 0. The molecule has 1 rings (SSSR count). The molecule has 2 N–H and O–H groups in total. The van der Waals surface area contributed by atoms with E-state index < -0.39 is 18.2 Å². The molecule has 5 nitrogen and oxygen atoms in total. The third-order valence-corrected chi connectivity index (χ3v) is 1.58. The molecule has 2 atom stereocenters. The highest BCUT2D eigenvalue weighted by Gasteiger charge is 2.31. The number of methoxy groups -OCH3 is 1. The van der Waals surface area contributed by atoms with E-state index in [9.17, 15) is 4.79 Å². The van der Waals surface area contributed by atoms with E-state index >= 15 is 0 Å². The molecular weight excluding hydrogens is 148 g/mol. The van der Waals surface area contributed by atoms with E-state index in [0.29, 0.717) is 13.1 Å². The molecule has 0 bridgehead atoms. The zero-order chi connectivity index (χ0) is 8.27. The summed E-state index contributed by atoms with van der Waals surface area (Å²) in [6, 6.07) is -0.756. The second kappa shape index (κ2) is 3.66. The van der Waals surface area contributed by atoms with Crippen molar-refractivity contribution in [3.8, 4) is 0 Å². The monoisotopic (exact) mass is 159 g/mol. The summed E-state index contributed by atoms with van der Waals surface area (Å²) in [5, 5.41) is 15.4. The summed E-state index contributed by atoms with van der Waals surface area (Å²) in [6.45, 7) is 1.22. The molecule has 0 aromatic carbocycles. The van der Waals surface area contributed by atoms with E-state index in [2.05, 4.69) is 10.6 Å². The molecule has 0 spiro atoms. The fourth-order valence-electron chi connectivity index (χ4n) is 1.04. The van der Waals surface area contributed by atoms with Gasteiger partial charge in [0.1, 0.15) is 6.23 Å². The van der Waals surface area contributed by atoms with Gasteiger partial charge >= 0.3 is 5.97 Å². The number of aliphatic carboxylic acids is 1. The third-order valence-electron chi connectivity index (χ3n) is 1.58. The smallest absolute Gasteiger partial charge is 0.326 e. The van der Waals surface area contributed by atoms with Gasteiger partial charge in [-0.3, -0.25) is 10.1 Å². The first-order chi connectivity index (χ1) is 5.25. The quantitative estimate of drug-likeness (QED) is 0.521. The van der Waals surface area contributed by atoms with E-state index in [1.807, 2.05) is 0 Å². The number of piperazine rings is 1. The number of hydrogen-bond donors (Lipinski definition) is 2. The van der Waals surface area contributed by atoms with Crippen LogP contribution in [0, 0.1) is 0 Å². The number of carbonyl (C=O) groups is 1. The first kappa shape index (κ1) is 8.45. The maximum atomic E-state index is 10.5. The van der Waals surface area contributed by atoms with Gasteiger partial charge in [0.2, 0.25) is 0 Å². The van der Waals surface area contributed by atoms with Crippen molar-refractivity contribution in [2.24, 2.45) is 0 Å². The maximum absolute atomic E-state index is 10.5. The van der Waals surface area contributed by atoms with Gasteiger partial charge in [-0.2, -0.15) is 0 Å². The fraction of sp³-hybridized carbons (Fsp3) is 0.833. The van der Waals surface area contributed by atoms with Crippen LogP contribution in [0.25, 0.3) is 0 Å². The van der Waals surface area contributed by atoms with Gasteiger partial charge in [0, 0.05) is 20.2 Å². The molecule has 63 valence electrons. The largest absolute Gasteiger partial charge is 0.480 e. The predicted molar refractivity (Wildman–Crippen MR) is 37.2 cm³/mol. The van der Waals surface area contributed by atoms with Crippen LogP contribution in [-0.4, -0.2) is 43.5 Å². The highest BCUT2D eigenvalue weighted by molar-refractivity contribution is 5.74. The van der Waals surface area contributed by atoms with Crippen LogP contribution < -0.4 is 10.6 Å². The van der Waals surface area contributed by atoms with Crippen molar-refractivity contribution in [2.75, 3.05) is 20.2 Å². The van der Waals surface area contributed by atoms with Gasteiger partial charge in [-0.15, -0.1) is 0 Å². The Balaban J connectivity index is 2.51. The van der Waals surface area contributed by atoms with Gasteiger partial charge in [-0.1, -0.05) is 0 Å². The average Bonchev–Trinajstić information content (AvgIpc) is 2.04. The first-order valence-electron chi connectivity index (χ1n) is 3.41. The number of rotatable bonds is 2. The molecule has 5 heteroatoms. The Morgan fingerprint density at radius 1 is 1.82 bits per heavy atom. The molecule has 1 radical (unpaired) electrons. The molecule has 2 unspecified atom stereocenters. The number of carboxylic acids is 1. The summed E-state index contributed by atoms with van der Waals surface area (Å²) in [5.41, 5.74) is 0. The van der Waals surface area contributed by atoms with Gasteiger partial charge in [0.05, 0.1) is 0 Å². The number of ether oxygens (including phenoxy) is 1. The minimum atomic E-state index is -0.941. The first-order valence-corrected chi connectivity index (χ1v) is 3.41. The molecule has 0 aromatic rings. The Kier molecular flexibility index (Phi) is 2.81. The number of hydrogen-bond acceptors (Lipinski definition) is 3. The van der Waals surface area contributed by atoms with Crippen LogP contribution in [0.15, 0.2) is 0 Å². The lowest BCUT2D eigenvalue weighted by Crippen LogP contribution is -2.56. The van der Waals surface area contributed by atoms with Crippen molar-refractivity contribution in [2.45, 2.75) is 12.3 Å². The normalized spacial score (nSPS) is 31.7. The van der Waals surface area contributed by atoms with E-state index in [4.69, 9.17) is 9.84 Å². The minimum Gasteiger partial charge on any atom is -0.480 e. The Morgan fingerprint density at radius 2 is 2.55 bits per heavy atom. The van der Waals surface area contributed by atoms with E-state index in [1.165, 1.54) is 7.11 Å². The van der Waals surface area contributed by atoms with Crippen molar-refractivity contribution in [3.63, 3.8) is 0 Å². The third kappa shape index (κ3) is 1.89. The van der Waals surface area contributed by atoms with Crippen molar-refractivity contribution in [3.05, 3.63) is 0 Å². The molecule has 1 aliphatic rings. The Hall–Kier alpha value is -0.650. The lowest BCUT2D eigenvalue weighted by Gasteiger charge is -2.27. The predicted octanol–water partition coefficient (Wildman–Crippen LogP) is -1.38. The molecule has 1 heterocycles. The van der Waals surface area contributed by atoms with Gasteiger partial charge < -0.3 is 9.84 Å². The summed E-state index contributed by atoms with van der Waals surface area (Å²) in [5.74, 6) is -0.941. The molecule has 0 aliphatic carbocycles. The number of carboxylic acid groups (broad SMARTS) is 1. The van der Waals surface area contributed by atoms with Crippen LogP contribution in [0.3, 0.4) is 0 Å². The number of nitrogens with zero attached hydrogens (tertiary/aromatic N) is 1. The Bertz CT molecular complexity index is 151. The highest BCUT2D eigenvalue weighted by atomic mass is 16.5. The van der Waals surface area contributed by atoms with Crippen molar-refractivity contribution in [1.82, 2.24) is 10.6 Å². The summed E-state index contributed by atoms with van der Waals surface area (Å²) in [7, 11) is 1.47. The zero-order valence-electron chi connectivity index (χ0n) is 6.28. The molecule has 11 heavy (non-hydrogen) atoms. The maximum Gasteiger partial charge on any atom is 0.326 e. The van der Waals surface area contributed by atoms with Crippen LogP contribution in [0.4, 0.5) is 0 Å². The summed E-state index contributed by atoms with van der Waals surface area (Å²) in [6.07, 6.45) is -0.471. The second-order valence-electron chi connectivity index (χ2n) is 2.30. The van der Waals surface area contributed by atoms with Crippen LogP contribution in [0.5, 0.6) is 0 Å². The van der Waals surface area contributed by atoms with Crippen LogP contribution in [0.1, 0.15) is 0 Å². The molecule has 1 aliphatic heterocycles. The molecule has 1 fully saturated rings. The lowest BCUT2D eigenvalue weighted by atomic mass is 10.2. The second-order valence-corrected chi connectivity index (χ2v) is 2.30. The Morgan fingerprint density at radius 3 is 3.00 bits per heavy atom. The number of nitrogens with one attached hydrogen (secondary N) is 1. The Labute approximate surface area is 64.7 Å². The minimum absolute atomic E-state index is 0.471. The zero-order valence-corrected chi connectivity index (χ0v) is 6.28. The van der Waals surface area contributed by atoms with Gasteiger partial charge in [0.15, 0.2) is 6.04 Å². The average molecular weight is 159 g/mol. The van der Waals surface area contributed by atoms with Gasteiger partial charge in [0.25, 0.3) is 0 Å². The molecule has 1 saturated heterocycles. The summed E-state index contributed by atoms with van der Waals surface area (Å²) < 4.78 is 4.88. The van der Waals surface area contributed by atoms with Crippen LogP contribution in [0.2, 0.25) is 0 Å². The standard InChI is InChI=1S/C6H11N2O3/c1-11-5-4(6(9)10)7-2-3-8-5/h4-5,8H,2-3H2,1H3,(H,9,10). The lowest BCUT2D eigenvalue weighted by molar-refractivity contribution is -0.145. The van der Waals surface area contributed by atoms with Crippen molar-refractivity contribution >= 4 is 5.97 Å². The molecule has 0 saturated carbocycles. The fourth-order valence-corrected chi connectivity index (χ4v) is 1.04. The van der Waals surface area contributed by atoms with Gasteiger partial charge in [-0.05, 0) is 0 Å². The highest BCUT2D eigenvalue weighted by Crippen LogP contribution is 2.00. The van der Waals surface area contributed by atoms with Crippen molar-refractivity contribution < 1.29 is 14.6 Å². The topological polar surface area (TPSA) is 72.7 Å². The van der Waals surface area contributed by atoms with E-state index in [-0.39, 0.29) is 0 Å². The molecule has 0 aromatic heterocycles. The molecular formula is C6H11N2O3. The van der Waals surface area contributed by atoms with Crippen molar-refractivity contribution in [1.29, 1.82) is 0 Å². The SMILES string of the molecule is COC1NCC[N]C1C(=O)O. The van der Waals surface area contributed by atoms with Crippen LogP contribution >= 0.6 is 0 Å². The van der Waals surface area contributed by atoms with Crippen LogP contribution in [-0.2, 0) is 9.53 Å². The molecule has 0 amide bonds. The summed E-state index contributed by atoms with van der Waals surface area (Å²) in [4.78, 5) is 10.5. The van der Waals surface area contributed by atoms with E-state index in [1.54, 1.807) is 0 Å². The van der Waals surface area contributed by atoms with E-state index in [0.717, 1.165) is 0 Å². The van der Waals surface area contributed by atoms with Gasteiger partial charge in [-0.25, -0.2) is 5.32 Å².